The zero-order valence-corrected chi connectivity index (χ0v) is 18.3. The Morgan fingerprint density at radius 2 is 1.78 bits per heavy atom. The molecule has 2 aliphatic carbocycles. The van der Waals surface area contributed by atoms with E-state index in [-0.39, 0.29) is 53.5 Å². The van der Waals surface area contributed by atoms with Gasteiger partial charge in [0.2, 0.25) is 5.75 Å². The van der Waals surface area contributed by atoms with Crippen LogP contribution in [0.2, 0.25) is 0 Å². The summed E-state index contributed by atoms with van der Waals surface area (Å²) in [4.78, 5) is 36.6. The molecule has 4 atom stereocenters. The number of carbonyl (C=O) groups excluding carboxylic acids is 2. The van der Waals surface area contributed by atoms with E-state index < -0.39 is 4.92 Å². The van der Waals surface area contributed by atoms with Crippen molar-refractivity contribution in [1.82, 2.24) is 5.01 Å². The molecule has 0 unspecified atom stereocenters. The summed E-state index contributed by atoms with van der Waals surface area (Å²) >= 11 is 3.33. The van der Waals surface area contributed by atoms with Crippen molar-refractivity contribution in [3.05, 3.63) is 80.3 Å². The molecule has 8 nitrogen and oxygen atoms in total. The summed E-state index contributed by atoms with van der Waals surface area (Å²) in [5.74, 6) is -1.000. The molecule has 0 aromatic heterocycles. The Morgan fingerprint density at radius 3 is 2.41 bits per heavy atom. The maximum Gasteiger partial charge on any atom is 0.312 e. The van der Waals surface area contributed by atoms with E-state index in [2.05, 4.69) is 21.0 Å². The number of allylic oxidation sites excluding steroid dienone is 2. The maximum absolute atomic E-state index is 12.7. The minimum Gasteiger partial charge on any atom is -0.481 e. The molecule has 1 saturated heterocycles. The van der Waals surface area contributed by atoms with E-state index in [9.17, 15) is 19.7 Å². The fourth-order valence-electron chi connectivity index (χ4n) is 4.81. The van der Waals surface area contributed by atoms with Crippen molar-refractivity contribution < 1.29 is 19.2 Å². The van der Waals surface area contributed by atoms with Crippen LogP contribution in [0.5, 0.6) is 5.75 Å². The molecule has 3 aliphatic rings. The third kappa shape index (κ3) is 3.42. The fraction of sp³-hybridized carbons (Fsp3) is 0.261. The lowest BCUT2D eigenvalue weighted by Crippen LogP contribution is -2.28. The predicted molar refractivity (Wildman–Crippen MR) is 119 cm³/mol. The molecule has 0 radical (unpaired) electrons. The summed E-state index contributed by atoms with van der Waals surface area (Å²) in [6.07, 6.45) is 6.16. The van der Waals surface area contributed by atoms with Crippen LogP contribution in [0, 0.1) is 33.8 Å². The zero-order chi connectivity index (χ0) is 22.4. The van der Waals surface area contributed by atoms with Gasteiger partial charge in [-0.25, -0.2) is 0 Å². The van der Waals surface area contributed by atoms with E-state index in [1.54, 1.807) is 6.07 Å². The number of rotatable bonds is 6. The van der Waals surface area contributed by atoms with Crippen molar-refractivity contribution in [3.8, 4) is 5.75 Å². The summed E-state index contributed by atoms with van der Waals surface area (Å²) in [6.45, 7) is 0.170. The van der Waals surface area contributed by atoms with E-state index in [1.807, 2.05) is 42.5 Å². The van der Waals surface area contributed by atoms with Crippen molar-refractivity contribution in [2.75, 3.05) is 0 Å². The lowest BCUT2D eigenvalue weighted by molar-refractivity contribution is -0.386. The number of carbonyl (C=O) groups is 2. The van der Waals surface area contributed by atoms with Gasteiger partial charge in [0.05, 0.1) is 27.4 Å². The number of fused-ring (bicyclic) bond motifs is 5. The second-order valence-corrected chi connectivity index (χ2v) is 8.97. The number of imide groups is 1. The first-order valence-electron chi connectivity index (χ1n) is 10.2. The average Bonchev–Trinajstić information content (AvgIpc) is 3.46. The molecule has 2 amide bonds. The van der Waals surface area contributed by atoms with E-state index in [0.29, 0.717) is 10.0 Å². The number of nitrogens with zero attached hydrogens (tertiary/aromatic N) is 3. The standard InChI is InChI=1S/C23H18BrN3O5/c24-17-8-14(9-18(27(30)31)21(17)32-12-13-4-2-1-3-5-13)11-25-26-22(28)19-15-6-7-16(10-15)20(19)23(26)29/h1-9,11,15-16,19-20H,10,12H2/t15-,16-,19-,20+/m0/s1. The third-order valence-corrected chi connectivity index (χ3v) is 6.83. The molecular formula is C23H18BrN3O5. The minimum atomic E-state index is -0.539. The van der Waals surface area contributed by atoms with E-state index in [1.165, 1.54) is 12.3 Å². The van der Waals surface area contributed by atoms with E-state index in [0.717, 1.165) is 17.0 Å². The molecule has 162 valence electrons. The highest BCUT2D eigenvalue weighted by Gasteiger charge is 2.59. The molecule has 9 heteroatoms. The van der Waals surface area contributed by atoms with Crippen LogP contribution in [0.25, 0.3) is 0 Å². The van der Waals surface area contributed by atoms with Crippen molar-refractivity contribution in [2.24, 2.45) is 28.8 Å². The van der Waals surface area contributed by atoms with Crippen LogP contribution in [0.15, 0.2) is 64.2 Å². The smallest absolute Gasteiger partial charge is 0.312 e. The van der Waals surface area contributed by atoms with E-state index in [4.69, 9.17) is 4.74 Å². The van der Waals surface area contributed by atoms with Crippen LogP contribution in [-0.4, -0.2) is 28.0 Å². The number of nitro groups is 1. The fourth-order valence-corrected chi connectivity index (χ4v) is 5.39. The second kappa shape index (κ2) is 7.98. The summed E-state index contributed by atoms with van der Waals surface area (Å²) < 4.78 is 6.08. The normalized spacial score (nSPS) is 25.7. The van der Waals surface area contributed by atoms with Crippen molar-refractivity contribution in [2.45, 2.75) is 13.0 Å². The lowest BCUT2D eigenvalue weighted by atomic mass is 9.85. The molecule has 2 aromatic rings. The van der Waals surface area contributed by atoms with Gasteiger partial charge in [-0.05, 0) is 45.8 Å². The number of hydrazone groups is 1. The Balaban J connectivity index is 1.37. The van der Waals surface area contributed by atoms with Gasteiger partial charge >= 0.3 is 5.69 Å². The van der Waals surface area contributed by atoms with Crippen molar-refractivity contribution >= 4 is 39.6 Å². The van der Waals surface area contributed by atoms with Gasteiger partial charge in [-0.1, -0.05) is 42.5 Å². The van der Waals surface area contributed by atoms with Crippen LogP contribution in [-0.2, 0) is 16.2 Å². The van der Waals surface area contributed by atoms with E-state index >= 15 is 0 Å². The molecule has 2 bridgehead atoms. The topological polar surface area (TPSA) is 102 Å². The first-order chi connectivity index (χ1) is 15.4. The highest BCUT2D eigenvalue weighted by atomic mass is 79.9. The summed E-state index contributed by atoms with van der Waals surface area (Å²) in [6, 6.07) is 12.2. The molecular weight excluding hydrogens is 478 g/mol. The molecule has 1 heterocycles. The first-order valence-corrected chi connectivity index (χ1v) is 11.0. The highest BCUT2D eigenvalue weighted by molar-refractivity contribution is 9.10. The molecule has 0 N–H and O–H groups in total. The van der Waals surface area contributed by atoms with Crippen LogP contribution in [0.4, 0.5) is 5.69 Å². The number of benzene rings is 2. The van der Waals surface area contributed by atoms with Gasteiger partial charge in [-0.3, -0.25) is 19.7 Å². The largest absolute Gasteiger partial charge is 0.481 e. The number of hydrogen-bond donors (Lipinski definition) is 0. The SMILES string of the molecule is O=C1[C@@H]2[C@H](C(=O)N1N=Cc1cc(Br)c(OCc3ccccc3)c([N+](=O)[O-])c1)[C@H]1C=C[C@H]2C1. The van der Waals surface area contributed by atoms with Gasteiger partial charge in [-0.2, -0.15) is 10.1 Å². The van der Waals surface area contributed by atoms with Gasteiger partial charge < -0.3 is 4.74 Å². The quantitative estimate of drug-likeness (QED) is 0.197. The van der Waals surface area contributed by atoms with Crippen molar-refractivity contribution in [1.29, 1.82) is 0 Å². The number of hydrogen-bond acceptors (Lipinski definition) is 6. The zero-order valence-electron chi connectivity index (χ0n) is 16.8. The van der Waals surface area contributed by atoms with Crippen LogP contribution in [0.3, 0.4) is 0 Å². The summed E-state index contributed by atoms with van der Waals surface area (Å²) in [5, 5.41) is 16.7. The molecule has 1 saturated carbocycles. The maximum atomic E-state index is 12.7. The Hall–Kier alpha value is -3.33. The van der Waals surface area contributed by atoms with Gasteiger partial charge in [0, 0.05) is 11.6 Å². The lowest BCUT2D eigenvalue weighted by Gasteiger charge is -2.13. The molecule has 2 fully saturated rings. The predicted octanol–water partition coefficient (Wildman–Crippen LogP) is 4.08. The highest BCUT2D eigenvalue weighted by Crippen LogP contribution is 2.52. The average molecular weight is 496 g/mol. The van der Waals surface area contributed by atoms with Crippen LogP contribution in [0.1, 0.15) is 17.5 Å². The molecule has 0 spiro atoms. The molecule has 32 heavy (non-hydrogen) atoms. The third-order valence-electron chi connectivity index (χ3n) is 6.24. The Bertz CT molecular complexity index is 1150. The Morgan fingerprint density at radius 1 is 1.12 bits per heavy atom. The van der Waals surface area contributed by atoms with Gasteiger partial charge in [0.25, 0.3) is 11.8 Å². The molecule has 1 aliphatic heterocycles. The van der Waals surface area contributed by atoms with Gasteiger partial charge in [0.15, 0.2) is 0 Å². The summed E-state index contributed by atoms with van der Waals surface area (Å²) in [5.41, 5.74) is 1.00. The van der Waals surface area contributed by atoms with Gasteiger partial charge in [0.1, 0.15) is 6.61 Å². The number of nitro benzene ring substituents is 1. The second-order valence-electron chi connectivity index (χ2n) is 8.12. The summed E-state index contributed by atoms with van der Waals surface area (Å²) in [7, 11) is 0. The van der Waals surface area contributed by atoms with Crippen molar-refractivity contribution in [3.63, 3.8) is 0 Å². The monoisotopic (exact) mass is 495 g/mol. The first kappa shape index (κ1) is 20.6. The molecule has 5 rings (SSSR count). The Labute approximate surface area is 191 Å². The van der Waals surface area contributed by atoms with Crippen LogP contribution < -0.4 is 4.74 Å². The van der Waals surface area contributed by atoms with Gasteiger partial charge in [-0.15, -0.1) is 0 Å². The molecule has 2 aromatic carbocycles. The minimum absolute atomic E-state index is 0.0953. The number of amides is 2. The number of halogens is 1. The Kier molecular flexibility index (Phi) is 5.13. The van der Waals surface area contributed by atoms with Crippen LogP contribution >= 0.6 is 15.9 Å². The number of ether oxygens (including phenoxy) is 1.